The van der Waals surface area contributed by atoms with Crippen LogP contribution in [0.25, 0.3) is 0 Å². The maximum Gasteiger partial charge on any atom is 0.345 e. The van der Waals surface area contributed by atoms with E-state index in [0.29, 0.717) is 0 Å². The van der Waals surface area contributed by atoms with Crippen molar-refractivity contribution in [2.45, 2.75) is 6.92 Å². The van der Waals surface area contributed by atoms with Gasteiger partial charge in [-0.05, 0) is 35.6 Å². The monoisotopic (exact) mass is 264 g/mol. The molecule has 0 saturated carbocycles. The molecule has 0 atom stereocenters. The predicted octanol–water partition coefficient (Wildman–Crippen LogP) is 3.33. The first-order chi connectivity index (χ1) is 4.57. The second-order valence-electron chi connectivity index (χ2n) is 1.23. The van der Waals surface area contributed by atoms with Crippen molar-refractivity contribution in [1.29, 1.82) is 0 Å². The molecule has 0 aliphatic carbocycles. The Hall–Kier alpha value is -0.200. The lowest BCUT2D eigenvalue weighted by Crippen LogP contribution is -1.81. The van der Waals surface area contributed by atoms with Crippen molar-refractivity contribution >= 4 is 22.6 Å². The Kier molecular flexibility index (Phi) is 4.50. The van der Waals surface area contributed by atoms with E-state index in [1.165, 1.54) is 6.08 Å². The van der Waals surface area contributed by atoms with Gasteiger partial charge in [0.15, 0.2) is 3.77 Å². The van der Waals surface area contributed by atoms with E-state index >= 15 is 0 Å². The third kappa shape index (κ3) is 3.76. The molecule has 0 bridgehead atoms. The van der Waals surface area contributed by atoms with Crippen LogP contribution < -0.4 is 0 Å². The van der Waals surface area contributed by atoms with Gasteiger partial charge in [0.05, 0.1) is 0 Å². The third-order valence-corrected chi connectivity index (χ3v) is 1.41. The smallest absolute Gasteiger partial charge is 0.345 e. The quantitative estimate of drug-likeness (QED) is 0.549. The summed E-state index contributed by atoms with van der Waals surface area (Å²) in [6.07, 6.45) is -1.08. The molecule has 0 N–H and O–H groups in total. The minimum Gasteiger partial charge on any atom is -0.422 e. The molecule has 0 unspecified atom stereocenters. The largest absolute Gasteiger partial charge is 0.422 e. The predicted molar refractivity (Wildman–Crippen MR) is 39.2 cm³/mol. The molecule has 0 radical (unpaired) electrons. The molecule has 0 amide bonds. The average molecular weight is 264 g/mol. The van der Waals surface area contributed by atoms with Crippen molar-refractivity contribution < 1.29 is 17.9 Å². The second-order valence-corrected chi connectivity index (χ2v) is 2.29. The Bertz CT molecular complexity index is 172. The van der Waals surface area contributed by atoms with Crippen LogP contribution in [0.4, 0.5) is 13.2 Å². The minimum atomic E-state index is -2.45. The molecule has 0 aromatic heterocycles. The highest BCUT2D eigenvalue weighted by molar-refractivity contribution is 14.1. The molecule has 0 aliphatic rings. The number of rotatable bonds is 2. The molecule has 0 saturated heterocycles. The summed E-state index contributed by atoms with van der Waals surface area (Å²) in [6, 6.07) is -1.84. The first kappa shape index (κ1) is 9.80. The Balaban J connectivity index is 4.05. The molecule has 5 heteroatoms. The van der Waals surface area contributed by atoms with Crippen LogP contribution in [0.1, 0.15) is 6.92 Å². The lowest BCUT2D eigenvalue weighted by Gasteiger charge is -1.96. The molecule has 0 spiro atoms. The SMILES string of the molecule is CC=C(I)OC(F)=C(F)F. The fourth-order valence-corrected chi connectivity index (χ4v) is 0.376. The fraction of sp³-hybridized carbons (Fsp3) is 0.200. The molecule has 1 nitrogen and oxygen atoms in total. The highest BCUT2D eigenvalue weighted by Crippen LogP contribution is 2.18. The number of hydrogen-bond acceptors (Lipinski definition) is 1. The summed E-state index contributed by atoms with van der Waals surface area (Å²) in [5.41, 5.74) is 0. The molecule has 0 fully saturated rings. The van der Waals surface area contributed by atoms with Crippen LogP contribution in [0.2, 0.25) is 0 Å². The topological polar surface area (TPSA) is 9.23 Å². The summed E-state index contributed by atoms with van der Waals surface area (Å²) in [5, 5.41) is 0. The normalized spacial score (nSPS) is 11.1. The molecule has 0 heterocycles. The lowest BCUT2D eigenvalue weighted by atomic mass is 10.7. The molecule has 0 aliphatic heterocycles. The van der Waals surface area contributed by atoms with Crippen molar-refractivity contribution in [1.82, 2.24) is 0 Å². The Morgan fingerprint density at radius 1 is 1.40 bits per heavy atom. The Morgan fingerprint density at radius 3 is 2.20 bits per heavy atom. The molecule has 58 valence electrons. The summed E-state index contributed by atoms with van der Waals surface area (Å²) in [7, 11) is 0. The maximum absolute atomic E-state index is 11.8. The van der Waals surface area contributed by atoms with Crippen LogP contribution in [0, 0.1) is 0 Å². The third-order valence-electron chi connectivity index (χ3n) is 0.563. The maximum atomic E-state index is 11.8. The van der Waals surface area contributed by atoms with Crippen molar-refractivity contribution in [2.24, 2.45) is 0 Å². The highest BCUT2D eigenvalue weighted by Gasteiger charge is 2.06. The van der Waals surface area contributed by atoms with E-state index < -0.39 is 12.1 Å². The van der Waals surface area contributed by atoms with Crippen LogP contribution in [-0.4, -0.2) is 0 Å². The van der Waals surface area contributed by atoms with Crippen LogP contribution in [0.5, 0.6) is 0 Å². The second kappa shape index (κ2) is 4.59. The first-order valence-electron chi connectivity index (χ1n) is 2.28. The zero-order valence-corrected chi connectivity index (χ0v) is 7.15. The van der Waals surface area contributed by atoms with Gasteiger partial charge in [-0.15, -0.1) is 0 Å². The van der Waals surface area contributed by atoms with Crippen molar-refractivity contribution in [2.75, 3.05) is 0 Å². The van der Waals surface area contributed by atoms with E-state index in [9.17, 15) is 13.2 Å². The molecule has 10 heavy (non-hydrogen) atoms. The molecule has 0 aromatic rings. The molecule has 0 rings (SSSR count). The van der Waals surface area contributed by atoms with Gasteiger partial charge < -0.3 is 4.74 Å². The van der Waals surface area contributed by atoms with Crippen molar-refractivity contribution in [3.8, 4) is 0 Å². The van der Waals surface area contributed by atoms with E-state index in [1.807, 2.05) is 0 Å². The molecular weight excluding hydrogens is 260 g/mol. The van der Waals surface area contributed by atoms with E-state index in [0.717, 1.165) is 0 Å². The molecular formula is C5H4F3IO. The summed E-state index contributed by atoms with van der Waals surface area (Å²) >= 11 is 1.59. The van der Waals surface area contributed by atoms with Gasteiger partial charge in [0.2, 0.25) is 0 Å². The summed E-state index contributed by atoms with van der Waals surface area (Å²) in [6.45, 7) is 1.55. The number of halogens is 4. The standard InChI is InChI=1S/C5H4F3IO/c1-2-3(9)10-5(8)4(6)7/h2H,1H3. The van der Waals surface area contributed by atoms with Crippen LogP contribution >= 0.6 is 22.6 Å². The van der Waals surface area contributed by atoms with Gasteiger partial charge in [0.1, 0.15) is 0 Å². The number of allylic oxidation sites excluding steroid dienone is 1. The van der Waals surface area contributed by atoms with Crippen LogP contribution in [0.15, 0.2) is 21.9 Å². The van der Waals surface area contributed by atoms with Gasteiger partial charge in [-0.1, -0.05) is 0 Å². The van der Waals surface area contributed by atoms with Gasteiger partial charge >= 0.3 is 12.1 Å². The summed E-state index contributed by atoms with van der Waals surface area (Å²) < 4.78 is 38.4. The van der Waals surface area contributed by atoms with E-state index in [1.54, 1.807) is 29.5 Å². The van der Waals surface area contributed by atoms with Crippen molar-refractivity contribution in [3.63, 3.8) is 0 Å². The van der Waals surface area contributed by atoms with Gasteiger partial charge in [-0.3, -0.25) is 0 Å². The van der Waals surface area contributed by atoms with E-state index in [4.69, 9.17) is 0 Å². The Morgan fingerprint density at radius 2 is 1.90 bits per heavy atom. The number of ether oxygens (including phenoxy) is 1. The minimum absolute atomic E-state index is 0.0721. The van der Waals surface area contributed by atoms with Crippen LogP contribution in [-0.2, 0) is 4.74 Å². The van der Waals surface area contributed by atoms with E-state index in [-0.39, 0.29) is 3.77 Å². The van der Waals surface area contributed by atoms with Crippen LogP contribution in [0.3, 0.4) is 0 Å². The molecule has 0 aromatic carbocycles. The van der Waals surface area contributed by atoms with Gasteiger partial charge in [-0.25, -0.2) is 0 Å². The fourth-order valence-electron chi connectivity index (χ4n) is 0.183. The van der Waals surface area contributed by atoms with Gasteiger partial charge in [-0.2, -0.15) is 13.2 Å². The average Bonchev–Trinajstić information content (AvgIpc) is 1.87. The first-order valence-corrected chi connectivity index (χ1v) is 3.36. The highest BCUT2D eigenvalue weighted by atomic mass is 127. The van der Waals surface area contributed by atoms with Gasteiger partial charge in [0, 0.05) is 0 Å². The zero-order valence-electron chi connectivity index (χ0n) is 5.00. The van der Waals surface area contributed by atoms with Crippen molar-refractivity contribution in [3.05, 3.63) is 21.9 Å². The summed E-state index contributed by atoms with van der Waals surface area (Å²) in [4.78, 5) is 0. The Labute approximate surface area is 69.7 Å². The number of hydrogen-bond donors (Lipinski definition) is 0. The van der Waals surface area contributed by atoms with Gasteiger partial charge in [0.25, 0.3) is 0 Å². The van der Waals surface area contributed by atoms with E-state index in [2.05, 4.69) is 4.74 Å². The summed E-state index contributed by atoms with van der Waals surface area (Å²) in [5.74, 6) is 0. The lowest BCUT2D eigenvalue weighted by molar-refractivity contribution is 0.197. The zero-order chi connectivity index (χ0) is 8.15.